The first-order valence-corrected chi connectivity index (χ1v) is 11.7. The van der Waals surface area contributed by atoms with Crippen LogP contribution >= 0.6 is 0 Å². The molecule has 0 bridgehead atoms. The molecule has 37 heavy (non-hydrogen) atoms. The molecule has 6 N–H and O–H groups in total. The fourth-order valence-electron chi connectivity index (χ4n) is 2.22. The summed E-state index contributed by atoms with van der Waals surface area (Å²) in [4.78, 5) is 44.3. The summed E-state index contributed by atoms with van der Waals surface area (Å²) in [6.07, 6.45) is 1.64. The van der Waals surface area contributed by atoms with Crippen LogP contribution in [-0.4, -0.2) is 61.8 Å². The van der Waals surface area contributed by atoms with Gasteiger partial charge in [0.15, 0.2) is 23.0 Å². The second kappa shape index (κ2) is 15.7. The van der Waals surface area contributed by atoms with Crippen LogP contribution in [0.3, 0.4) is 0 Å². The lowest BCUT2D eigenvalue weighted by Gasteiger charge is -2.11. The number of hydrogen-bond acceptors (Lipinski definition) is 10. The molecule has 14 nitrogen and oxygen atoms in total. The molecule has 2 aromatic rings. The van der Waals surface area contributed by atoms with Crippen LogP contribution in [0.1, 0.15) is 60.2 Å². The maximum absolute atomic E-state index is 11.5. The molecule has 204 valence electrons. The molecule has 0 heterocycles. The van der Waals surface area contributed by atoms with E-state index in [1.807, 2.05) is 13.8 Å². The van der Waals surface area contributed by atoms with Crippen LogP contribution in [0.2, 0.25) is 0 Å². The predicted molar refractivity (Wildman–Crippen MR) is 125 cm³/mol. The average Bonchev–Trinajstić information content (AvgIpc) is 2.76. The molecular weight excluding hydrogens is 520 g/mol. The predicted octanol–water partition coefficient (Wildman–Crippen LogP) is 2.94. The van der Waals surface area contributed by atoms with E-state index in [2.05, 4.69) is 0 Å². The van der Waals surface area contributed by atoms with E-state index in [1.54, 1.807) is 0 Å². The SMILES string of the molecule is CCCC(=O)Oc1ccc(C(=O)O)cc1OC(=O)CCC.O=C(O)c1ccc(O)c(O)c1.O=S(=O)(O)O. The normalized spacial score (nSPS) is 10.1. The zero-order valence-electron chi connectivity index (χ0n) is 19.7. The van der Waals surface area contributed by atoms with E-state index in [9.17, 15) is 19.2 Å². The van der Waals surface area contributed by atoms with Gasteiger partial charge in [-0.25, -0.2) is 9.59 Å². The number of rotatable bonds is 8. The highest BCUT2D eigenvalue weighted by atomic mass is 32.3. The Morgan fingerprint density at radius 2 is 1.11 bits per heavy atom. The summed E-state index contributed by atoms with van der Waals surface area (Å²) in [6, 6.07) is 7.08. The van der Waals surface area contributed by atoms with E-state index >= 15 is 0 Å². The van der Waals surface area contributed by atoms with Gasteiger partial charge in [0, 0.05) is 12.8 Å². The van der Waals surface area contributed by atoms with Crippen molar-refractivity contribution in [1.82, 2.24) is 0 Å². The number of aromatic hydroxyl groups is 2. The van der Waals surface area contributed by atoms with Gasteiger partial charge in [0.1, 0.15) is 0 Å². The molecule has 0 aliphatic heterocycles. The van der Waals surface area contributed by atoms with Crippen molar-refractivity contribution in [3.05, 3.63) is 47.5 Å². The van der Waals surface area contributed by atoms with Crippen LogP contribution in [0.5, 0.6) is 23.0 Å². The van der Waals surface area contributed by atoms with Crippen molar-refractivity contribution in [3.8, 4) is 23.0 Å². The Bertz CT molecular complexity index is 1200. The standard InChI is InChI=1S/C15H18O6.C7H6O4.H2O4S/c1-3-5-13(16)20-11-8-7-10(15(18)19)9-12(11)21-14(17)6-4-2;8-5-2-1-4(7(10)11)3-6(5)9;1-5(2,3)4/h7-9H,3-6H2,1-2H3,(H,18,19);1-3,8-9H,(H,10,11);(H2,1,2,3,4). The van der Waals surface area contributed by atoms with Crippen LogP contribution in [0.4, 0.5) is 0 Å². The minimum absolute atomic E-state index is 0.0444. The molecule has 0 radical (unpaired) electrons. The summed E-state index contributed by atoms with van der Waals surface area (Å²) in [7, 11) is -4.67. The number of ether oxygens (including phenoxy) is 2. The molecule has 0 aliphatic carbocycles. The smallest absolute Gasteiger partial charge is 0.394 e. The lowest BCUT2D eigenvalue weighted by molar-refractivity contribution is -0.137. The van der Waals surface area contributed by atoms with E-state index in [0.29, 0.717) is 12.8 Å². The van der Waals surface area contributed by atoms with Crippen molar-refractivity contribution in [3.63, 3.8) is 0 Å². The Labute approximate surface area is 211 Å². The van der Waals surface area contributed by atoms with Crippen molar-refractivity contribution in [2.24, 2.45) is 0 Å². The van der Waals surface area contributed by atoms with Gasteiger partial charge in [0.25, 0.3) is 0 Å². The van der Waals surface area contributed by atoms with Crippen LogP contribution in [0.25, 0.3) is 0 Å². The number of phenolic OH excluding ortho intramolecular Hbond substituents is 2. The summed E-state index contributed by atoms with van der Waals surface area (Å²) in [5.41, 5.74) is -0.107. The highest BCUT2D eigenvalue weighted by molar-refractivity contribution is 7.79. The Hall–Kier alpha value is -4.21. The third-order valence-corrected chi connectivity index (χ3v) is 3.77. The number of benzene rings is 2. The third-order valence-electron chi connectivity index (χ3n) is 3.77. The van der Waals surface area contributed by atoms with Gasteiger partial charge >= 0.3 is 34.3 Å². The number of carboxylic acid groups (broad SMARTS) is 2. The monoisotopic (exact) mass is 546 g/mol. The second-order valence-electron chi connectivity index (χ2n) is 6.87. The summed E-state index contributed by atoms with van der Waals surface area (Å²) in [5, 5.41) is 35.0. The van der Waals surface area contributed by atoms with Crippen LogP contribution in [0, 0.1) is 0 Å². The number of esters is 2. The molecule has 0 unspecified atom stereocenters. The Morgan fingerprint density at radius 3 is 1.51 bits per heavy atom. The largest absolute Gasteiger partial charge is 0.504 e. The van der Waals surface area contributed by atoms with Gasteiger partial charge in [-0.3, -0.25) is 18.7 Å². The summed E-state index contributed by atoms with van der Waals surface area (Å²) in [5.74, 6) is -4.03. The maximum Gasteiger partial charge on any atom is 0.394 e. The number of aromatic carboxylic acids is 2. The molecule has 0 spiro atoms. The van der Waals surface area contributed by atoms with Crippen LogP contribution in [0.15, 0.2) is 36.4 Å². The molecule has 0 atom stereocenters. The number of carbonyl (C=O) groups is 4. The molecule has 0 aliphatic rings. The Morgan fingerprint density at radius 1 is 0.703 bits per heavy atom. The van der Waals surface area contributed by atoms with Crippen molar-refractivity contribution >= 4 is 34.3 Å². The van der Waals surface area contributed by atoms with Gasteiger partial charge in [-0.05, 0) is 49.2 Å². The van der Waals surface area contributed by atoms with Gasteiger partial charge in [-0.2, -0.15) is 8.42 Å². The molecule has 0 saturated carbocycles. The average molecular weight is 547 g/mol. The van der Waals surface area contributed by atoms with Crippen molar-refractivity contribution in [1.29, 1.82) is 0 Å². The summed E-state index contributed by atoms with van der Waals surface area (Å²) < 4.78 is 41.8. The molecule has 2 aromatic carbocycles. The quantitative estimate of drug-likeness (QED) is 0.121. The summed E-state index contributed by atoms with van der Waals surface area (Å²) >= 11 is 0. The van der Waals surface area contributed by atoms with Crippen molar-refractivity contribution in [2.45, 2.75) is 39.5 Å². The van der Waals surface area contributed by atoms with Crippen LogP contribution < -0.4 is 9.47 Å². The molecule has 2 rings (SSSR count). The van der Waals surface area contributed by atoms with E-state index in [4.69, 9.17) is 47.4 Å². The molecule has 15 heteroatoms. The van der Waals surface area contributed by atoms with Crippen LogP contribution in [-0.2, 0) is 20.0 Å². The molecule has 0 saturated heterocycles. The van der Waals surface area contributed by atoms with Gasteiger partial charge in [-0.15, -0.1) is 0 Å². The second-order valence-corrected chi connectivity index (χ2v) is 7.77. The van der Waals surface area contributed by atoms with E-state index in [0.717, 1.165) is 12.1 Å². The van der Waals surface area contributed by atoms with E-state index in [1.165, 1.54) is 24.3 Å². The van der Waals surface area contributed by atoms with Gasteiger partial charge in [-0.1, -0.05) is 13.8 Å². The van der Waals surface area contributed by atoms with Crippen molar-refractivity contribution in [2.75, 3.05) is 0 Å². The van der Waals surface area contributed by atoms with E-state index < -0.39 is 40.0 Å². The fourth-order valence-corrected chi connectivity index (χ4v) is 2.22. The minimum atomic E-state index is -4.67. The Balaban J connectivity index is 0.000000670. The minimum Gasteiger partial charge on any atom is -0.504 e. The molecule has 0 amide bonds. The first-order valence-electron chi connectivity index (χ1n) is 10.3. The number of phenols is 2. The zero-order valence-corrected chi connectivity index (χ0v) is 20.5. The zero-order chi connectivity index (χ0) is 28.8. The molecule has 0 aromatic heterocycles. The third kappa shape index (κ3) is 14.7. The lowest BCUT2D eigenvalue weighted by Crippen LogP contribution is -2.12. The van der Waals surface area contributed by atoms with Gasteiger partial charge in [0.2, 0.25) is 0 Å². The van der Waals surface area contributed by atoms with E-state index in [-0.39, 0.29) is 41.2 Å². The summed E-state index contributed by atoms with van der Waals surface area (Å²) in [6.45, 7) is 3.65. The highest BCUT2D eigenvalue weighted by Crippen LogP contribution is 2.29. The fraction of sp³-hybridized carbons (Fsp3) is 0.273. The first kappa shape index (κ1) is 32.8. The topological polar surface area (TPSA) is 242 Å². The molecular formula is C22H26O14S. The van der Waals surface area contributed by atoms with Crippen molar-refractivity contribution < 1.29 is 66.6 Å². The highest BCUT2D eigenvalue weighted by Gasteiger charge is 2.16. The number of hydrogen-bond donors (Lipinski definition) is 6. The number of carboxylic acids is 2. The maximum atomic E-state index is 11.5. The number of carbonyl (C=O) groups excluding carboxylic acids is 2. The Kier molecular flexibility index (Phi) is 13.9. The van der Waals surface area contributed by atoms with Gasteiger partial charge in [0.05, 0.1) is 11.1 Å². The molecule has 0 fully saturated rings. The van der Waals surface area contributed by atoms with Gasteiger partial charge < -0.3 is 29.9 Å². The lowest BCUT2D eigenvalue weighted by atomic mass is 10.2. The first-order chi connectivity index (χ1) is 17.1.